The number of rotatable bonds is 4. The van der Waals surface area contributed by atoms with Crippen molar-refractivity contribution in [3.8, 4) is 0 Å². The smallest absolute Gasteiger partial charge is 0.394 e. The summed E-state index contributed by atoms with van der Waals surface area (Å²) in [4.78, 5) is 22.7. The predicted octanol–water partition coefficient (Wildman–Crippen LogP) is 2.07. The summed E-state index contributed by atoms with van der Waals surface area (Å²) in [5, 5.41) is 19.6. The van der Waals surface area contributed by atoms with Crippen LogP contribution in [0.2, 0.25) is 0 Å². The summed E-state index contributed by atoms with van der Waals surface area (Å²) >= 11 is 0. The number of benzene rings is 1. The van der Waals surface area contributed by atoms with Gasteiger partial charge in [-0.05, 0) is 13.0 Å². The van der Waals surface area contributed by atoms with Crippen LogP contribution in [0.5, 0.6) is 0 Å². The number of alkyl halides is 3. The van der Waals surface area contributed by atoms with Gasteiger partial charge in [-0.2, -0.15) is 13.2 Å². The zero-order valence-electron chi connectivity index (χ0n) is 11.2. The number of nitro benzene ring substituents is 1. The van der Waals surface area contributed by atoms with Gasteiger partial charge in [-0.1, -0.05) is 0 Å². The van der Waals surface area contributed by atoms with Gasteiger partial charge in [0.15, 0.2) is 0 Å². The molecule has 0 aromatic heterocycles. The molecule has 1 amide bonds. The lowest BCUT2D eigenvalue weighted by atomic mass is 10.1. The van der Waals surface area contributed by atoms with E-state index in [1.54, 1.807) is 0 Å². The van der Waals surface area contributed by atoms with Crippen molar-refractivity contribution in [2.45, 2.75) is 19.1 Å². The molecule has 0 bridgehead atoms. The number of hydrogen-bond donors (Lipinski definition) is 1. The largest absolute Gasteiger partial charge is 0.416 e. The van der Waals surface area contributed by atoms with E-state index in [1.165, 1.54) is 14.0 Å². The molecule has 0 aliphatic heterocycles. The van der Waals surface area contributed by atoms with Crippen LogP contribution in [0.4, 0.5) is 18.9 Å². The summed E-state index contributed by atoms with van der Waals surface area (Å²) in [5.74, 6) is -0.842. The molecular formula is C12H13F3N2O4. The third-order valence-corrected chi connectivity index (χ3v) is 2.95. The molecule has 0 saturated carbocycles. The fraction of sp³-hybridized carbons (Fsp3) is 0.417. The lowest BCUT2D eigenvalue weighted by molar-refractivity contribution is -0.385. The van der Waals surface area contributed by atoms with E-state index in [4.69, 9.17) is 5.11 Å². The van der Waals surface area contributed by atoms with Crippen molar-refractivity contribution >= 4 is 11.6 Å². The quantitative estimate of drug-likeness (QED) is 0.682. The summed E-state index contributed by atoms with van der Waals surface area (Å²) < 4.78 is 38.1. The molecule has 0 radical (unpaired) electrons. The molecule has 0 aliphatic carbocycles. The van der Waals surface area contributed by atoms with E-state index in [-0.39, 0.29) is 6.61 Å². The van der Waals surface area contributed by atoms with Gasteiger partial charge in [0, 0.05) is 24.7 Å². The Labute approximate surface area is 117 Å². The molecule has 1 unspecified atom stereocenters. The fourth-order valence-electron chi connectivity index (χ4n) is 1.53. The normalized spacial score (nSPS) is 12.9. The Hall–Kier alpha value is -2.16. The Morgan fingerprint density at radius 3 is 2.43 bits per heavy atom. The molecule has 116 valence electrons. The highest BCUT2D eigenvalue weighted by molar-refractivity contribution is 5.95. The minimum atomic E-state index is -4.80. The number of likely N-dealkylation sites (N-methyl/N-ethyl adjacent to an activating group) is 1. The number of nitro groups is 1. The second kappa shape index (κ2) is 6.08. The van der Waals surface area contributed by atoms with Crippen LogP contribution >= 0.6 is 0 Å². The highest BCUT2D eigenvalue weighted by atomic mass is 19.4. The van der Waals surface area contributed by atoms with Gasteiger partial charge >= 0.3 is 6.18 Å². The molecule has 1 N–H and O–H groups in total. The Morgan fingerprint density at radius 1 is 1.43 bits per heavy atom. The number of aliphatic hydroxyl groups is 1. The lowest BCUT2D eigenvalue weighted by Crippen LogP contribution is -2.37. The van der Waals surface area contributed by atoms with Gasteiger partial charge in [0.2, 0.25) is 0 Å². The zero-order valence-corrected chi connectivity index (χ0v) is 11.2. The van der Waals surface area contributed by atoms with E-state index < -0.39 is 39.9 Å². The van der Waals surface area contributed by atoms with E-state index in [2.05, 4.69) is 0 Å². The first-order chi connectivity index (χ1) is 9.57. The van der Waals surface area contributed by atoms with Gasteiger partial charge in [-0.15, -0.1) is 0 Å². The van der Waals surface area contributed by atoms with Crippen LogP contribution in [-0.2, 0) is 6.18 Å². The molecular weight excluding hydrogens is 293 g/mol. The van der Waals surface area contributed by atoms with E-state index in [0.717, 1.165) is 11.0 Å². The molecule has 0 fully saturated rings. The summed E-state index contributed by atoms with van der Waals surface area (Å²) in [6, 6.07) is 1.06. The van der Waals surface area contributed by atoms with Crippen molar-refractivity contribution < 1.29 is 28.0 Å². The van der Waals surface area contributed by atoms with Crippen molar-refractivity contribution in [1.29, 1.82) is 0 Å². The predicted molar refractivity (Wildman–Crippen MR) is 66.7 cm³/mol. The third-order valence-electron chi connectivity index (χ3n) is 2.95. The van der Waals surface area contributed by atoms with Crippen molar-refractivity contribution in [2.24, 2.45) is 0 Å². The van der Waals surface area contributed by atoms with Crippen molar-refractivity contribution in [3.05, 3.63) is 39.4 Å². The first kappa shape index (κ1) is 16.9. The highest BCUT2D eigenvalue weighted by Crippen LogP contribution is 2.32. The molecule has 0 aliphatic rings. The van der Waals surface area contributed by atoms with Crippen molar-refractivity contribution in [3.63, 3.8) is 0 Å². The molecule has 6 nitrogen and oxygen atoms in total. The number of carbonyl (C=O) groups excluding carboxylic acids is 1. The average molecular weight is 306 g/mol. The summed E-state index contributed by atoms with van der Waals surface area (Å²) in [5.41, 5.74) is -2.55. The van der Waals surface area contributed by atoms with Gasteiger partial charge in [0.25, 0.3) is 11.6 Å². The number of carbonyl (C=O) groups is 1. The maximum atomic E-state index is 12.7. The van der Waals surface area contributed by atoms with Gasteiger partial charge < -0.3 is 10.0 Å². The first-order valence-electron chi connectivity index (χ1n) is 5.82. The molecule has 21 heavy (non-hydrogen) atoms. The Kier molecular flexibility index (Phi) is 4.89. The van der Waals surface area contributed by atoms with Crippen LogP contribution in [0.25, 0.3) is 0 Å². The molecule has 0 heterocycles. The van der Waals surface area contributed by atoms with Gasteiger partial charge in [0.1, 0.15) is 0 Å². The second-order valence-electron chi connectivity index (χ2n) is 4.47. The Bertz CT molecular complexity index is 560. The lowest BCUT2D eigenvalue weighted by Gasteiger charge is -2.23. The monoisotopic (exact) mass is 306 g/mol. The molecule has 1 aromatic carbocycles. The van der Waals surface area contributed by atoms with Crippen molar-refractivity contribution in [2.75, 3.05) is 13.7 Å². The van der Waals surface area contributed by atoms with Gasteiger partial charge in [0.05, 0.1) is 23.1 Å². The minimum Gasteiger partial charge on any atom is -0.394 e. The SMILES string of the molecule is CC(CO)N(C)C(=O)c1cc([N+](=O)[O-])cc(C(F)(F)F)c1. The third kappa shape index (κ3) is 3.91. The minimum absolute atomic E-state index is 0.367. The van der Waals surface area contributed by atoms with E-state index in [1.807, 2.05) is 0 Å². The molecule has 9 heteroatoms. The standard InChI is InChI=1S/C12H13F3N2O4/c1-7(6-18)16(2)11(19)8-3-9(12(13,14)15)5-10(4-8)17(20)21/h3-5,7,18H,6H2,1-2H3. The van der Waals surface area contributed by atoms with Crippen LogP contribution in [-0.4, -0.2) is 40.5 Å². The van der Waals surface area contributed by atoms with E-state index in [9.17, 15) is 28.1 Å². The summed E-state index contributed by atoms with van der Waals surface area (Å²) in [6.45, 7) is 1.10. The highest BCUT2D eigenvalue weighted by Gasteiger charge is 2.34. The van der Waals surface area contributed by atoms with E-state index >= 15 is 0 Å². The second-order valence-corrected chi connectivity index (χ2v) is 4.47. The number of non-ortho nitro benzene ring substituents is 1. The number of halogens is 3. The molecule has 1 atom stereocenters. The Balaban J connectivity index is 3.32. The number of amides is 1. The molecule has 0 spiro atoms. The summed E-state index contributed by atoms with van der Waals surface area (Å²) in [7, 11) is 1.29. The van der Waals surface area contributed by atoms with E-state index in [0.29, 0.717) is 12.1 Å². The molecule has 0 saturated heterocycles. The fourth-order valence-corrected chi connectivity index (χ4v) is 1.53. The van der Waals surface area contributed by atoms with Crippen LogP contribution < -0.4 is 0 Å². The maximum Gasteiger partial charge on any atom is 0.416 e. The van der Waals surface area contributed by atoms with Crippen LogP contribution in [0.1, 0.15) is 22.8 Å². The molecule has 1 rings (SSSR count). The van der Waals surface area contributed by atoms with Crippen molar-refractivity contribution in [1.82, 2.24) is 4.90 Å². The topological polar surface area (TPSA) is 83.7 Å². The Morgan fingerprint density at radius 2 is 2.00 bits per heavy atom. The van der Waals surface area contributed by atoms with Crippen LogP contribution in [0, 0.1) is 10.1 Å². The first-order valence-corrected chi connectivity index (χ1v) is 5.82. The molecule has 1 aromatic rings. The zero-order chi connectivity index (χ0) is 16.4. The summed E-state index contributed by atoms with van der Waals surface area (Å²) in [6.07, 6.45) is -4.80. The van der Waals surface area contributed by atoms with Crippen LogP contribution in [0.3, 0.4) is 0 Å². The maximum absolute atomic E-state index is 12.7. The average Bonchev–Trinajstić information content (AvgIpc) is 2.43. The van der Waals surface area contributed by atoms with Crippen LogP contribution in [0.15, 0.2) is 18.2 Å². The van der Waals surface area contributed by atoms with Gasteiger partial charge in [-0.3, -0.25) is 14.9 Å². The number of hydrogen-bond acceptors (Lipinski definition) is 4. The number of aliphatic hydroxyl groups excluding tert-OH is 1. The number of nitrogens with zero attached hydrogens (tertiary/aromatic N) is 2. The van der Waals surface area contributed by atoms with Gasteiger partial charge in [-0.25, -0.2) is 0 Å².